The van der Waals surface area contributed by atoms with E-state index >= 15 is 0 Å². The highest BCUT2D eigenvalue weighted by molar-refractivity contribution is 7.00. The van der Waals surface area contributed by atoms with Crippen LogP contribution in [-0.2, 0) is 0 Å². The van der Waals surface area contributed by atoms with E-state index < -0.39 is 0 Å². The smallest absolute Gasteiger partial charge is 0.252 e. The topological polar surface area (TPSA) is 14.7 Å². The molecule has 0 atom stereocenters. The van der Waals surface area contributed by atoms with Crippen molar-refractivity contribution >= 4 is 96.1 Å². The molecule has 0 spiro atoms. The lowest BCUT2D eigenvalue weighted by Crippen LogP contribution is -2.61. The molecule has 0 fully saturated rings. The van der Waals surface area contributed by atoms with E-state index in [-0.39, 0.29) is 6.71 Å². The van der Waals surface area contributed by atoms with Gasteiger partial charge in [0.15, 0.2) is 0 Å². The average molecular weight is 981 g/mol. The Morgan fingerprint density at radius 1 is 0.286 bits per heavy atom. The van der Waals surface area contributed by atoms with Crippen LogP contribution in [0.15, 0.2) is 297 Å². The first-order valence-corrected chi connectivity index (χ1v) is 26.5. The Balaban J connectivity index is 1.08. The molecule has 5 heteroatoms. The van der Waals surface area contributed by atoms with Gasteiger partial charge in [0.25, 0.3) is 6.71 Å². The minimum absolute atomic E-state index is 0.131. The number of benzene rings is 12. The Morgan fingerprint density at radius 2 is 0.727 bits per heavy atom. The Labute approximate surface area is 449 Å². The summed E-state index contributed by atoms with van der Waals surface area (Å²) in [5.74, 6) is 0. The number of anilines is 9. The van der Waals surface area contributed by atoms with Crippen LogP contribution in [0.1, 0.15) is 0 Å². The van der Waals surface area contributed by atoms with Crippen molar-refractivity contribution in [2.45, 2.75) is 0 Å². The van der Waals surface area contributed by atoms with Crippen molar-refractivity contribution in [3.05, 3.63) is 297 Å². The third kappa shape index (κ3) is 7.39. The van der Waals surface area contributed by atoms with Crippen LogP contribution in [0.4, 0.5) is 51.2 Å². The van der Waals surface area contributed by atoms with Gasteiger partial charge in [-0.1, -0.05) is 206 Å². The van der Waals surface area contributed by atoms with Crippen LogP contribution >= 0.6 is 0 Å². The maximum atomic E-state index is 2.60. The third-order valence-electron chi connectivity index (χ3n) is 15.7. The fourth-order valence-corrected chi connectivity index (χ4v) is 12.3. The number of para-hydroxylation sites is 4. The monoisotopic (exact) mass is 980 g/mol. The molecule has 77 heavy (non-hydrogen) atoms. The van der Waals surface area contributed by atoms with Gasteiger partial charge in [0.2, 0.25) is 0 Å². The molecule has 2 aliphatic heterocycles. The van der Waals surface area contributed by atoms with Gasteiger partial charge in [-0.05, 0) is 141 Å². The lowest BCUT2D eigenvalue weighted by molar-refractivity contribution is 1.18. The minimum Gasteiger partial charge on any atom is -0.311 e. The molecule has 0 aliphatic carbocycles. The first-order valence-electron chi connectivity index (χ1n) is 26.5. The molecule has 12 aromatic carbocycles. The summed E-state index contributed by atoms with van der Waals surface area (Å²) in [4.78, 5) is 7.57. The maximum absolute atomic E-state index is 2.60. The predicted octanol–water partition coefficient (Wildman–Crippen LogP) is 17.3. The van der Waals surface area contributed by atoms with Crippen LogP contribution in [-0.4, -0.2) is 11.3 Å². The molecule has 0 radical (unpaired) electrons. The van der Waals surface area contributed by atoms with Gasteiger partial charge in [-0.2, -0.15) is 0 Å². The Bertz CT molecular complexity index is 4260. The van der Waals surface area contributed by atoms with Crippen LogP contribution in [0.3, 0.4) is 0 Å². The summed E-state index contributed by atoms with van der Waals surface area (Å²) in [7, 11) is 0. The summed E-state index contributed by atoms with van der Waals surface area (Å²) < 4.78 is 2.45. The summed E-state index contributed by atoms with van der Waals surface area (Å²) >= 11 is 0. The molecule has 1 aromatic heterocycles. The summed E-state index contributed by atoms with van der Waals surface area (Å²) in [6, 6.07) is 109. The third-order valence-corrected chi connectivity index (χ3v) is 15.7. The lowest BCUT2D eigenvalue weighted by atomic mass is 9.33. The van der Waals surface area contributed by atoms with E-state index in [2.05, 4.69) is 317 Å². The number of fused-ring (bicyclic) bond motifs is 8. The summed E-state index contributed by atoms with van der Waals surface area (Å²) in [5.41, 5.74) is 24.3. The quantitative estimate of drug-likeness (QED) is 0.134. The fraction of sp³-hybridized carbons (Fsp3) is 0. The second-order valence-electron chi connectivity index (χ2n) is 20.1. The second-order valence-corrected chi connectivity index (χ2v) is 20.1. The van der Waals surface area contributed by atoms with E-state index in [0.717, 1.165) is 56.7 Å². The molecular formula is C72H49BN4. The highest BCUT2D eigenvalue weighted by Gasteiger charge is 2.45. The minimum atomic E-state index is -0.131. The summed E-state index contributed by atoms with van der Waals surface area (Å²) in [6.45, 7) is -0.131. The van der Waals surface area contributed by atoms with Gasteiger partial charge in [-0.15, -0.1) is 0 Å². The zero-order chi connectivity index (χ0) is 50.8. The first kappa shape index (κ1) is 44.4. The number of hydrogen-bond donors (Lipinski definition) is 0. The normalized spacial score (nSPS) is 12.3. The van der Waals surface area contributed by atoms with Gasteiger partial charge in [0, 0.05) is 56.3 Å². The fourth-order valence-electron chi connectivity index (χ4n) is 12.3. The van der Waals surface area contributed by atoms with E-state index in [0.29, 0.717) is 0 Å². The molecule has 13 aromatic rings. The number of aromatic nitrogens is 1. The van der Waals surface area contributed by atoms with Gasteiger partial charge < -0.3 is 19.3 Å². The van der Waals surface area contributed by atoms with E-state index in [4.69, 9.17) is 0 Å². The van der Waals surface area contributed by atoms with Gasteiger partial charge in [0.05, 0.1) is 22.4 Å². The van der Waals surface area contributed by atoms with E-state index in [1.165, 1.54) is 71.7 Å². The standard InChI is InChI=1S/C72H49BN4/c1-7-21-50(22-8-1)53-35-40-59(41-36-53)76-67-47-55(52-25-11-3-12-26-52)39-44-63(67)73-64-45-46-66-70(62-33-19-20-34-65(62)75(66)58-31-17-6-18-32-58)72(64)77(60-42-37-54(38-43-60)51-23-9-2-10-24-51)69-49-61(48-68(76)71(69)73)74(56-27-13-4-14-28-56)57-29-15-5-16-30-57/h1-49H. The Hall–Kier alpha value is -10.1. The molecule has 0 saturated carbocycles. The van der Waals surface area contributed by atoms with Crippen LogP contribution in [0, 0.1) is 0 Å². The van der Waals surface area contributed by atoms with Crippen molar-refractivity contribution in [2.75, 3.05) is 14.7 Å². The summed E-state index contributed by atoms with van der Waals surface area (Å²) in [5, 5.41) is 2.43. The molecule has 3 heterocycles. The Kier molecular flexibility index (Phi) is 10.6. The van der Waals surface area contributed by atoms with Crippen LogP contribution in [0.25, 0.3) is 60.9 Å². The molecule has 0 saturated heterocycles. The predicted molar refractivity (Wildman–Crippen MR) is 326 cm³/mol. The van der Waals surface area contributed by atoms with Gasteiger partial charge in [-0.25, -0.2) is 0 Å². The SMILES string of the molecule is c1ccc(-c2ccc(N3c4cc(-c5ccccc5)ccc4B4c5ccc6c(c5N(c5ccc(-c7ccccc7)cc5)c5cc(N(c7ccccc7)c7ccccc7)cc3c54)c3ccccc3n6-c3ccccc3)cc2)cc1. The van der Waals surface area contributed by atoms with Gasteiger partial charge >= 0.3 is 0 Å². The molecule has 15 rings (SSSR count). The zero-order valence-corrected chi connectivity index (χ0v) is 42.2. The molecule has 4 nitrogen and oxygen atoms in total. The molecule has 2 aliphatic rings. The summed E-state index contributed by atoms with van der Waals surface area (Å²) in [6.07, 6.45) is 0. The van der Waals surface area contributed by atoms with Crippen LogP contribution < -0.4 is 31.1 Å². The maximum Gasteiger partial charge on any atom is 0.252 e. The first-order chi connectivity index (χ1) is 38.2. The molecule has 360 valence electrons. The van der Waals surface area contributed by atoms with Crippen LogP contribution in [0.5, 0.6) is 0 Å². The van der Waals surface area contributed by atoms with Gasteiger partial charge in [-0.3, -0.25) is 0 Å². The van der Waals surface area contributed by atoms with E-state index in [1.807, 2.05) is 0 Å². The Morgan fingerprint density at radius 3 is 1.30 bits per heavy atom. The van der Waals surface area contributed by atoms with Crippen LogP contribution in [0.2, 0.25) is 0 Å². The number of hydrogen-bond acceptors (Lipinski definition) is 3. The number of rotatable bonds is 9. The average Bonchev–Trinajstić information content (AvgIpc) is 3.92. The molecular weight excluding hydrogens is 932 g/mol. The molecule has 0 bridgehead atoms. The highest BCUT2D eigenvalue weighted by atomic mass is 15.2. The van der Waals surface area contributed by atoms with E-state index in [1.54, 1.807) is 0 Å². The number of nitrogens with zero attached hydrogens (tertiary/aromatic N) is 4. The van der Waals surface area contributed by atoms with Crippen molar-refractivity contribution < 1.29 is 0 Å². The lowest BCUT2D eigenvalue weighted by Gasteiger charge is -2.45. The molecule has 0 amide bonds. The highest BCUT2D eigenvalue weighted by Crippen LogP contribution is 2.51. The van der Waals surface area contributed by atoms with Crippen molar-refractivity contribution in [3.63, 3.8) is 0 Å². The molecule has 0 unspecified atom stereocenters. The van der Waals surface area contributed by atoms with Crippen molar-refractivity contribution in [3.8, 4) is 39.1 Å². The second kappa shape index (κ2) is 18.4. The van der Waals surface area contributed by atoms with Crippen molar-refractivity contribution in [1.82, 2.24) is 4.57 Å². The zero-order valence-electron chi connectivity index (χ0n) is 42.2. The van der Waals surface area contributed by atoms with E-state index in [9.17, 15) is 0 Å². The van der Waals surface area contributed by atoms with Crippen molar-refractivity contribution in [2.24, 2.45) is 0 Å². The largest absolute Gasteiger partial charge is 0.311 e. The van der Waals surface area contributed by atoms with Gasteiger partial charge in [0.1, 0.15) is 0 Å². The van der Waals surface area contributed by atoms with Crippen molar-refractivity contribution in [1.29, 1.82) is 0 Å². The molecule has 0 N–H and O–H groups in total.